The molecule has 0 radical (unpaired) electrons. The predicted molar refractivity (Wildman–Crippen MR) is 55.2 cm³/mol. The second-order valence-electron chi connectivity index (χ2n) is 4.53. The smallest absolute Gasteiger partial charge is 0.0371 e. The summed E-state index contributed by atoms with van der Waals surface area (Å²) in [5, 5.41) is 0. The maximum Gasteiger partial charge on any atom is 0.0371 e. The highest BCUT2D eigenvalue weighted by molar-refractivity contribution is 4.99. The van der Waals surface area contributed by atoms with Gasteiger partial charge in [-0.1, -0.05) is 6.58 Å². The average Bonchev–Trinajstić information content (AvgIpc) is 1.82. The van der Waals surface area contributed by atoms with Gasteiger partial charge in [-0.25, -0.2) is 0 Å². The number of likely N-dealkylation sites (N-methyl/N-ethyl adjacent to an activating group) is 2. The van der Waals surface area contributed by atoms with Crippen LogP contribution in [0.15, 0.2) is 12.3 Å². The third-order valence-corrected chi connectivity index (χ3v) is 1.98. The van der Waals surface area contributed by atoms with Crippen LogP contribution < -0.4 is 0 Å². The van der Waals surface area contributed by atoms with Crippen LogP contribution in [0.5, 0.6) is 0 Å². The highest BCUT2D eigenvalue weighted by Gasteiger charge is 2.17. The van der Waals surface area contributed by atoms with Crippen molar-refractivity contribution in [2.24, 2.45) is 0 Å². The van der Waals surface area contributed by atoms with E-state index in [0.717, 1.165) is 12.2 Å². The summed E-state index contributed by atoms with van der Waals surface area (Å²) in [6.45, 7) is 11.5. The molecule has 0 rings (SSSR count). The molecule has 0 atom stereocenters. The van der Waals surface area contributed by atoms with E-state index in [9.17, 15) is 0 Å². The van der Waals surface area contributed by atoms with Crippen LogP contribution >= 0.6 is 0 Å². The lowest BCUT2D eigenvalue weighted by Crippen LogP contribution is -2.39. The Bertz CT molecular complexity index is 154. The first kappa shape index (κ1) is 11.5. The topological polar surface area (TPSA) is 6.48 Å². The van der Waals surface area contributed by atoms with E-state index >= 15 is 0 Å². The standard InChI is InChI=1S/C10H22N2/c1-9(8-11(5)6)12(7)10(2,3)4/h1,8H2,2-7H3. The fourth-order valence-electron chi connectivity index (χ4n) is 0.945. The molecule has 0 saturated heterocycles. The van der Waals surface area contributed by atoms with Crippen LogP contribution in [0.25, 0.3) is 0 Å². The van der Waals surface area contributed by atoms with Crippen molar-refractivity contribution in [2.75, 3.05) is 27.7 Å². The summed E-state index contributed by atoms with van der Waals surface area (Å²) < 4.78 is 0. The molecule has 0 aliphatic rings. The van der Waals surface area contributed by atoms with Crippen molar-refractivity contribution in [2.45, 2.75) is 26.3 Å². The summed E-state index contributed by atoms with van der Waals surface area (Å²) in [5.41, 5.74) is 1.33. The van der Waals surface area contributed by atoms with Gasteiger partial charge in [-0.3, -0.25) is 0 Å². The molecule has 0 fully saturated rings. The molecule has 0 spiro atoms. The maximum absolute atomic E-state index is 4.05. The molecule has 2 nitrogen and oxygen atoms in total. The third-order valence-electron chi connectivity index (χ3n) is 1.98. The monoisotopic (exact) mass is 170 g/mol. The van der Waals surface area contributed by atoms with Gasteiger partial charge in [-0.2, -0.15) is 0 Å². The molecule has 0 saturated carbocycles. The fraction of sp³-hybridized carbons (Fsp3) is 0.800. The molecular formula is C10H22N2. The lowest BCUT2D eigenvalue weighted by Gasteiger charge is -2.36. The Kier molecular flexibility index (Phi) is 3.78. The van der Waals surface area contributed by atoms with Crippen molar-refractivity contribution in [1.82, 2.24) is 9.80 Å². The van der Waals surface area contributed by atoms with E-state index in [1.165, 1.54) is 0 Å². The summed E-state index contributed by atoms with van der Waals surface area (Å²) in [6.07, 6.45) is 0. The number of nitrogens with zero attached hydrogens (tertiary/aromatic N) is 2. The van der Waals surface area contributed by atoms with Gasteiger partial charge in [0.2, 0.25) is 0 Å². The summed E-state index contributed by atoms with van der Waals surface area (Å²) in [7, 11) is 6.20. The minimum Gasteiger partial charge on any atom is -0.372 e. The molecule has 0 aliphatic heterocycles. The fourth-order valence-corrected chi connectivity index (χ4v) is 0.945. The Morgan fingerprint density at radius 2 is 1.58 bits per heavy atom. The third kappa shape index (κ3) is 3.77. The Labute approximate surface area is 76.9 Å². The maximum atomic E-state index is 4.05. The van der Waals surface area contributed by atoms with Crippen molar-refractivity contribution in [3.8, 4) is 0 Å². The first-order valence-electron chi connectivity index (χ1n) is 4.31. The van der Waals surface area contributed by atoms with Gasteiger partial charge in [-0.15, -0.1) is 0 Å². The molecule has 2 heteroatoms. The van der Waals surface area contributed by atoms with Crippen LogP contribution in [-0.4, -0.2) is 43.0 Å². The summed E-state index contributed by atoms with van der Waals surface area (Å²) in [6, 6.07) is 0. The first-order valence-corrected chi connectivity index (χ1v) is 4.31. The first-order chi connectivity index (χ1) is 5.25. The summed E-state index contributed by atoms with van der Waals surface area (Å²) >= 11 is 0. The molecule has 0 heterocycles. The second kappa shape index (κ2) is 3.94. The van der Waals surface area contributed by atoms with E-state index in [-0.39, 0.29) is 5.54 Å². The van der Waals surface area contributed by atoms with Crippen molar-refractivity contribution in [3.05, 3.63) is 12.3 Å². The quantitative estimate of drug-likeness (QED) is 0.637. The van der Waals surface area contributed by atoms with Crippen LogP contribution in [0.3, 0.4) is 0 Å². The van der Waals surface area contributed by atoms with E-state index in [1.54, 1.807) is 0 Å². The van der Waals surface area contributed by atoms with Gasteiger partial charge in [0, 0.05) is 24.8 Å². The molecule has 0 N–H and O–H groups in total. The van der Waals surface area contributed by atoms with Gasteiger partial charge in [0.05, 0.1) is 0 Å². The normalized spacial score (nSPS) is 11.9. The number of hydrogen-bond donors (Lipinski definition) is 0. The van der Waals surface area contributed by atoms with Gasteiger partial charge in [-0.05, 0) is 34.9 Å². The van der Waals surface area contributed by atoms with Gasteiger partial charge in [0.15, 0.2) is 0 Å². The van der Waals surface area contributed by atoms with Gasteiger partial charge in [0.25, 0.3) is 0 Å². The van der Waals surface area contributed by atoms with E-state index in [2.05, 4.69) is 58.3 Å². The molecule has 0 aliphatic carbocycles. The average molecular weight is 170 g/mol. The lowest BCUT2D eigenvalue weighted by molar-refractivity contribution is 0.210. The molecule has 0 bridgehead atoms. The molecule has 0 aromatic carbocycles. The molecule has 72 valence electrons. The van der Waals surface area contributed by atoms with Crippen LogP contribution in [0.1, 0.15) is 20.8 Å². The highest BCUT2D eigenvalue weighted by atomic mass is 15.2. The zero-order valence-electron chi connectivity index (χ0n) is 9.31. The summed E-state index contributed by atoms with van der Waals surface area (Å²) in [5.74, 6) is 0. The molecular weight excluding hydrogens is 148 g/mol. The van der Waals surface area contributed by atoms with Crippen LogP contribution in [0, 0.1) is 0 Å². The molecule has 0 amide bonds. The second-order valence-corrected chi connectivity index (χ2v) is 4.53. The Morgan fingerprint density at radius 3 is 1.83 bits per heavy atom. The van der Waals surface area contributed by atoms with Gasteiger partial charge in [0.1, 0.15) is 0 Å². The molecule has 0 unspecified atom stereocenters. The minimum absolute atomic E-state index is 0.174. The van der Waals surface area contributed by atoms with Crippen LogP contribution in [0.4, 0.5) is 0 Å². The van der Waals surface area contributed by atoms with E-state index in [1.807, 2.05) is 0 Å². The SMILES string of the molecule is C=C(CN(C)C)N(C)C(C)(C)C. The predicted octanol–water partition coefficient (Wildman–Crippen LogP) is 1.79. The van der Waals surface area contributed by atoms with E-state index < -0.39 is 0 Å². The Balaban J connectivity index is 4.12. The lowest BCUT2D eigenvalue weighted by atomic mass is 10.1. The minimum atomic E-state index is 0.174. The van der Waals surface area contributed by atoms with Crippen LogP contribution in [0.2, 0.25) is 0 Å². The molecule has 0 aromatic rings. The largest absolute Gasteiger partial charge is 0.372 e. The zero-order valence-corrected chi connectivity index (χ0v) is 9.31. The van der Waals surface area contributed by atoms with Gasteiger partial charge < -0.3 is 9.80 Å². The summed E-state index contributed by atoms with van der Waals surface area (Å²) in [4.78, 5) is 4.34. The van der Waals surface area contributed by atoms with Crippen molar-refractivity contribution in [1.29, 1.82) is 0 Å². The van der Waals surface area contributed by atoms with Crippen molar-refractivity contribution in [3.63, 3.8) is 0 Å². The van der Waals surface area contributed by atoms with Gasteiger partial charge >= 0.3 is 0 Å². The molecule has 12 heavy (non-hydrogen) atoms. The highest BCUT2D eigenvalue weighted by Crippen LogP contribution is 2.15. The Morgan fingerprint density at radius 1 is 1.17 bits per heavy atom. The molecule has 0 aromatic heterocycles. The van der Waals surface area contributed by atoms with Crippen molar-refractivity contribution < 1.29 is 0 Å². The zero-order chi connectivity index (χ0) is 9.94. The van der Waals surface area contributed by atoms with Crippen molar-refractivity contribution >= 4 is 0 Å². The van der Waals surface area contributed by atoms with E-state index in [4.69, 9.17) is 0 Å². The van der Waals surface area contributed by atoms with E-state index in [0.29, 0.717) is 0 Å². The Hall–Kier alpha value is -0.500. The number of hydrogen-bond acceptors (Lipinski definition) is 2. The number of rotatable bonds is 3. The van der Waals surface area contributed by atoms with Crippen LogP contribution in [-0.2, 0) is 0 Å².